The van der Waals surface area contributed by atoms with Gasteiger partial charge < -0.3 is 35.2 Å². The summed E-state index contributed by atoms with van der Waals surface area (Å²) in [5.74, 6) is 2.88. The van der Waals surface area contributed by atoms with Crippen LogP contribution >= 0.6 is 0 Å². The summed E-state index contributed by atoms with van der Waals surface area (Å²) in [6.45, 7) is 2.85. The molecule has 0 radical (unpaired) electrons. The number of phenols is 1. The molecule has 3 saturated heterocycles. The van der Waals surface area contributed by atoms with Gasteiger partial charge in [0.15, 0.2) is 11.5 Å². The van der Waals surface area contributed by atoms with Crippen LogP contribution in [-0.2, 0) is 4.79 Å². The monoisotopic (exact) mass is 649 g/mol. The molecule has 4 aromatic rings. The summed E-state index contributed by atoms with van der Waals surface area (Å²) in [7, 11) is 1.54. The second-order valence-electron chi connectivity index (χ2n) is 12.0. The van der Waals surface area contributed by atoms with Gasteiger partial charge >= 0.3 is 12.0 Å². The summed E-state index contributed by atoms with van der Waals surface area (Å²) in [6.07, 6.45) is 11.1. The smallest absolute Gasteiger partial charge is 0.320 e. The Morgan fingerprint density at radius 1 is 1.11 bits per heavy atom. The van der Waals surface area contributed by atoms with E-state index >= 15 is 0 Å². The van der Waals surface area contributed by atoms with Crippen molar-refractivity contribution in [1.29, 1.82) is 0 Å². The average molecular weight is 650 g/mol. The van der Waals surface area contributed by atoms with Crippen molar-refractivity contribution in [1.82, 2.24) is 30.2 Å². The molecule has 8 rings (SSSR count). The SMILES string of the molecule is C#Cc1c(F)ccc2cc(O)cc(Oc3nc4nc(OC)nc(N5CC6CCC(C5)N6)c4n3C3CCC3)c12.FC1CCNC1.O=CO. The molecule has 4 fully saturated rings. The zero-order chi connectivity index (χ0) is 33.1. The predicted molar refractivity (Wildman–Crippen MR) is 172 cm³/mol. The molecule has 14 heteroatoms. The molecule has 3 atom stereocenters. The van der Waals surface area contributed by atoms with Crippen LogP contribution in [0.3, 0.4) is 0 Å². The van der Waals surface area contributed by atoms with E-state index in [4.69, 9.17) is 35.8 Å². The number of fused-ring (bicyclic) bond motifs is 4. The number of ether oxygens (including phenoxy) is 2. The number of hydrogen-bond donors (Lipinski definition) is 4. The van der Waals surface area contributed by atoms with E-state index in [1.54, 1.807) is 13.2 Å². The highest BCUT2D eigenvalue weighted by molar-refractivity contribution is 5.95. The van der Waals surface area contributed by atoms with Gasteiger partial charge in [-0.25, -0.2) is 8.78 Å². The summed E-state index contributed by atoms with van der Waals surface area (Å²) in [4.78, 5) is 24.8. The number of nitrogens with one attached hydrogen (secondary N) is 2. The van der Waals surface area contributed by atoms with Crippen molar-refractivity contribution in [3.8, 4) is 35.9 Å². The van der Waals surface area contributed by atoms with Crippen LogP contribution in [0, 0.1) is 18.2 Å². The van der Waals surface area contributed by atoms with Gasteiger partial charge in [0.25, 0.3) is 6.47 Å². The molecule has 12 nitrogen and oxygen atoms in total. The average Bonchev–Trinajstić information content (AvgIpc) is 3.75. The first-order valence-corrected chi connectivity index (χ1v) is 15.7. The highest BCUT2D eigenvalue weighted by atomic mass is 19.1. The van der Waals surface area contributed by atoms with Crippen molar-refractivity contribution in [2.45, 2.75) is 62.8 Å². The number of piperazine rings is 1. The van der Waals surface area contributed by atoms with Gasteiger partial charge in [-0.05, 0) is 62.6 Å². The maximum absolute atomic E-state index is 14.7. The van der Waals surface area contributed by atoms with Gasteiger partial charge in [0.05, 0.1) is 12.7 Å². The first-order chi connectivity index (χ1) is 22.8. The second kappa shape index (κ2) is 13.9. The number of benzene rings is 2. The lowest BCUT2D eigenvalue weighted by Gasteiger charge is -2.35. The summed E-state index contributed by atoms with van der Waals surface area (Å²) in [5, 5.41) is 24.9. The first-order valence-electron chi connectivity index (χ1n) is 15.7. The number of alkyl halides is 1. The van der Waals surface area contributed by atoms with E-state index in [9.17, 15) is 13.9 Å². The molecule has 47 heavy (non-hydrogen) atoms. The number of aromatic nitrogens is 4. The molecule has 248 valence electrons. The van der Waals surface area contributed by atoms with Crippen LogP contribution in [0.15, 0.2) is 24.3 Å². The third-order valence-electron chi connectivity index (χ3n) is 8.97. The second-order valence-corrected chi connectivity index (χ2v) is 12.0. The van der Waals surface area contributed by atoms with Crippen molar-refractivity contribution in [3.05, 3.63) is 35.6 Å². The number of terminal acetylenes is 1. The minimum Gasteiger partial charge on any atom is -0.508 e. The van der Waals surface area contributed by atoms with Gasteiger partial charge in [-0.2, -0.15) is 15.0 Å². The largest absolute Gasteiger partial charge is 0.508 e. The van der Waals surface area contributed by atoms with Crippen LogP contribution in [0.1, 0.15) is 50.1 Å². The lowest BCUT2D eigenvalue weighted by atomic mass is 9.93. The fourth-order valence-electron chi connectivity index (χ4n) is 6.61. The Bertz CT molecular complexity index is 1790. The molecule has 2 aromatic heterocycles. The molecule has 3 unspecified atom stereocenters. The summed E-state index contributed by atoms with van der Waals surface area (Å²) < 4.78 is 40.4. The molecular formula is C33H37F2N7O5. The standard InChI is InChI=1S/C28H27FN6O3.C4H8FN.CH2O2/c1-3-20-21(29)10-7-15-11-19(36)12-22(23(15)20)38-28-32-25-24(35(28)18-5-4-6-18)26(33-27(31-25)37-2)34-13-16-8-9-17(14-34)30-16;5-4-1-2-6-3-4;2-1-3/h1,7,10-12,16-18,30,36H,4-6,8-9,13-14H2,2H3;4,6H,1-3H2;1H,(H,2,3). The number of methoxy groups -OCH3 is 1. The molecular weight excluding hydrogens is 612 g/mol. The molecule has 5 heterocycles. The minimum atomic E-state index is -0.565. The summed E-state index contributed by atoms with van der Waals surface area (Å²) in [6, 6.07) is 7.34. The summed E-state index contributed by atoms with van der Waals surface area (Å²) >= 11 is 0. The Hall–Kier alpha value is -4.74. The fourth-order valence-corrected chi connectivity index (χ4v) is 6.61. The highest BCUT2D eigenvalue weighted by Gasteiger charge is 2.36. The van der Waals surface area contributed by atoms with Gasteiger partial charge in [0, 0.05) is 49.2 Å². The Kier molecular flexibility index (Phi) is 9.55. The van der Waals surface area contributed by atoms with Crippen LogP contribution in [0.2, 0.25) is 0 Å². The third-order valence-corrected chi connectivity index (χ3v) is 8.97. The number of aromatic hydroxyl groups is 1. The number of carboxylic acid groups (broad SMARTS) is 1. The van der Waals surface area contributed by atoms with Crippen LogP contribution in [0.5, 0.6) is 23.5 Å². The number of nitrogens with zero attached hydrogens (tertiary/aromatic N) is 5. The quantitative estimate of drug-likeness (QED) is 0.181. The van der Waals surface area contributed by atoms with E-state index in [1.165, 1.54) is 18.2 Å². The molecule has 3 aliphatic heterocycles. The van der Waals surface area contributed by atoms with Gasteiger partial charge in [-0.3, -0.25) is 9.36 Å². The van der Waals surface area contributed by atoms with Crippen molar-refractivity contribution in [2.24, 2.45) is 0 Å². The van der Waals surface area contributed by atoms with Crippen LogP contribution in [0.25, 0.3) is 21.9 Å². The van der Waals surface area contributed by atoms with E-state index in [0.29, 0.717) is 47.5 Å². The number of hydrogen-bond acceptors (Lipinski definition) is 10. The van der Waals surface area contributed by atoms with Crippen molar-refractivity contribution in [2.75, 3.05) is 38.2 Å². The van der Waals surface area contributed by atoms with Crippen molar-refractivity contribution < 1.29 is 33.3 Å². The Morgan fingerprint density at radius 3 is 2.43 bits per heavy atom. The number of imidazole rings is 1. The number of rotatable bonds is 5. The maximum Gasteiger partial charge on any atom is 0.320 e. The van der Waals surface area contributed by atoms with Crippen LogP contribution in [0.4, 0.5) is 14.6 Å². The van der Waals surface area contributed by atoms with Crippen LogP contribution < -0.4 is 25.0 Å². The number of carbonyl (C=O) groups is 1. The zero-order valence-electron chi connectivity index (χ0n) is 26.0. The number of phenolic OH excluding ortho intramolecular Hbond substituents is 1. The van der Waals surface area contributed by atoms with E-state index < -0.39 is 12.0 Å². The molecule has 0 amide bonds. The van der Waals surface area contributed by atoms with E-state index in [-0.39, 0.29) is 35.6 Å². The maximum atomic E-state index is 14.7. The third kappa shape index (κ3) is 6.59. The molecule has 1 aliphatic carbocycles. The highest BCUT2D eigenvalue weighted by Crippen LogP contribution is 2.44. The van der Waals surface area contributed by atoms with Gasteiger partial charge in [-0.1, -0.05) is 12.0 Å². The lowest BCUT2D eigenvalue weighted by Crippen LogP contribution is -2.51. The van der Waals surface area contributed by atoms with Crippen molar-refractivity contribution >= 4 is 34.2 Å². The zero-order valence-corrected chi connectivity index (χ0v) is 26.0. The topological polar surface area (TPSA) is 147 Å². The molecule has 4 aliphatic rings. The Morgan fingerprint density at radius 2 is 1.85 bits per heavy atom. The Labute approximate surface area is 270 Å². The minimum absolute atomic E-state index is 0.0215. The van der Waals surface area contributed by atoms with Gasteiger partial charge in [0.2, 0.25) is 0 Å². The molecule has 0 spiro atoms. The van der Waals surface area contributed by atoms with E-state index in [1.807, 2.05) is 0 Å². The molecule has 1 saturated carbocycles. The normalized spacial score (nSPS) is 21.7. The summed E-state index contributed by atoms with van der Waals surface area (Å²) in [5.41, 5.74) is 1.33. The van der Waals surface area contributed by atoms with Crippen molar-refractivity contribution in [3.63, 3.8) is 0 Å². The molecule has 2 bridgehead atoms. The number of halogens is 2. The molecule has 4 N–H and O–H groups in total. The van der Waals surface area contributed by atoms with E-state index in [0.717, 1.165) is 63.1 Å². The number of anilines is 1. The predicted octanol–water partition coefficient (Wildman–Crippen LogP) is 4.29. The van der Waals surface area contributed by atoms with Crippen LogP contribution in [-0.4, -0.2) is 87.7 Å². The fraction of sp³-hybridized carbons (Fsp3) is 0.455. The first kappa shape index (κ1) is 32.2. The lowest BCUT2D eigenvalue weighted by molar-refractivity contribution is -0.122. The molecule has 2 aromatic carbocycles. The van der Waals surface area contributed by atoms with E-state index in [2.05, 4.69) is 31.0 Å². The van der Waals surface area contributed by atoms with Gasteiger partial charge in [0.1, 0.15) is 29.0 Å². The van der Waals surface area contributed by atoms with Gasteiger partial charge in [-0.15, -0.1) is 6.42 Å². The Balaban J connectivity index is 0.000000377.